The third kappa shape index (κ3) is 5.56. The summed E-state index contributed by atoms with van der Waals surface area (Å²) >= 11 is 12.5. The van der Waals surface area contributed by atoms with Crippen LogP contribution in [-0.4, -0.2) is 5.78 Å². The van der Waals surface area contributed by atoms with Crippen molar-refractivity contribution in [1.82, 2.24) is 0 Å². The first-order valence-electron chi connectivity index (χ1n) is 10.7. The average Bonchev–Trinajstić information content (AvgIpc) is 2.86. The summed E-state index contributed by atoms with van der Waals surface area (Å²) in [6.07, 6.45) is 3.98. The van der Waals surface area contributed by atoms with Crippen LogP contribution in [0.25, 0.3) is 0 Å². The molecule has 0 atom stereocenters. The summed E-state index contributed by atoms with van der Waals surface area (Å²) < 4.78 is 0. The number of halogens is 2. The fourth-order valence-electron chi connectivity index (χ4n) is 4.10. The van der Waals surface area contributed by atoms with Crippen LogP contribution in [-0.2, 0) is 28.5 Å². The van der Waals surface area contributed by atoms with Crippen molar-refractivity contribution < 1.29 is 4.79 Å². The molecule has 29 heavy (non-hydrogen) atoms. The molecule has 0 radical (unpaired) electrons. The summed E-state index contributed by atoms with van der Waals surface area (Å²) in [7, 11) is 0. The largest absolute Gasteiger partial charge is 0.294 e. The molecule has 0 aromatic heterocycles. The predicted octanol–water partition coefficient (Wildman–Crippen LogP) is 8.15. The molecule has 1 nitrogen and oxygen atoms in total. The second-order valence-electron chi connectivity index (χ2n) is 10.4. The van der Waals surface area contributed by atoms with Gasteiger partial charge in [0, 0.05) is 12.0 Å². The normalized spacial score (nSPS) is 15.5. The van der Waals surface area contributed by atoms with Gasteiger partial charge in [-0.05, 0) is 64.8 Å². The van der Waals surface area contributed by atoms with Gasteiger partial charge in [-0.2, -0.15) is 0 Å². The van der Waals surface area contributed by atoms with Crippen molar-refractivity contribution in [3.8, 4) is 0 Å². The van der Waals surface area contributed by atoms with Crippen molar-refractivity contribution >= 4 is 29.0 Å². The molecule has 0 saturated heterocycles. The molecule has 0 aliphatic heterocycles. The van der Waals surface area contributed by atoms with Gasteiger partial charge in [-0.3, -0.25) is 4.79 Å². The fourth-order valence-corrected chi connectivity index (χ4v) is 4.62. The number of rotatable bonds is 6. The molecule has 0 heterocycles. The lowest BCUT2D eigenvalue weighted by atomic mass is 9.74. The van der Waals surface area contributed by atoms with Crippen LogP contribution in [0.5, 0.6) is 0 Å². The van der Waals surface area contributed by atoms with Gasteiger partial charge < -0.3 is 0 Å². The van der Waals surface area contributed by atoms with Crippen LogP contribution < -0.4 is 0 Å². The molecule has 0 N–H and O–H groups in total. The summed E-state index contributed by atoms with van der Waals surface area (Å²) in [5.41, 5.74) is 7.32. The Morgan fingerprint density at radius 2 is 1.45 bits per heavy atom. The Morgan fingerprint density at radius 3 is 1.83 bits per heavy atom. The molecule has 0 unspecified atom stereocenters. The number of benzene rings is 1. The fraction of sp³-hybridized carbons (Fsp3) is 0.577. The second kappa shape index (κ2) is 8.98. The smallest absolute Gasteiger partial charge is 0.161 e. The zero-order valence-corrected chi connectivity index (χ0v) is 20.9. The maximum Gasteiger partial charge on any atom is 0.161 e. The molecule has 0 spiro atoms. The van der Waals surface area contributed by atoms with Crippen LogP contribution in [0.1, 0.15) is 96.9 Å². The molecule has 1 aliphatic rings. The number of allylic oxidation sites excluding steroid dienone is 4. The lowest BCUT2D eigenvalue weighted by Crippen LogP contribution is -2.22. The molecule has 0 bridgehead atoms. The number of Topliss-reactive ketones (excluding diaryl/α,β-unsaturated/α-hetero) is 1. The van der Waals surface area contributed by atoms with Crippen molar-refractivity contribution in [1.29, 1.82) is 0 Å². The van der Waals surface area contributed by atoms with E-state index in [9.17, 15) is 4.79 Å². The van der Waals surface area contributed by atoms with Gasteiger partial charge in [0.25, 0.3) is 0 Å². The van der Waals surface area contributed by atoms with Crippen LogP contribution in [0, 0.1) is 0 Å². The summed E-state index contributed by atoms with van der Waals surface area (Å²) in [4.78, 5) is 12.8. The first kappa shape index (κ1) is 24.2. The SMILES string of the molecule is CCCc1c(C(C)(C)C)cc(CCC(=O)C2=C(Cl)C(Cl)=C(C)C2)cc1C(C)(C)C. The van der Waals surface area contributed by atoms with Gasteiger partial charge in [-0.25, -0.2) is 0 Å². The zero-order valence-electron chi connectivity index (χ0n) is 19.4. The molecule has 2 rings (SSSR count). The molecular weight excluding hydrogens is 399 g/mol. The molecule has 1 aromatic rings. The lowest BCUT2D eigenvalue weighted by Gasteiger charge is -2.31. The minimum absolute atomic E-state index is 0.0658. The highest BCUT2D eigenvalue weighted by molar-refractivity contribution is 6.46. The number of hydrogen-bond acceptors (Lipinski definition) is 1. The zero-order chi connectivity index (χ0) is 22.1. The van der Waals surface area contributed by atoms with E-state index in [0.717, 1.165) is 24.8 Å². The third-order valence-corrected chi connectivity index (χ3v) is 6.70. The van der Waals surface area contributed by atoms with Gasteiger partial charge in [-0.1, -0.05) is 90.2 Å². The molecule has 0 amide bonds. The molecule has 160 valence electrons. The molecule has 1 aromatic carbocycles. The molecule has 0 fully saturated rings. The van der Waals surface area contributed by atoms with Gasteiger partial charge in [0.2, 0.25) is 0 Å². The van der Waals surface area contributed by atoms with Crippen LogP contribution in [0.4, 0.5) is 0 Å². The van der Waals surface area contributed by atoms with Crippen molar-refractivity contribution in [2.24, 2.45) is 0 Å². The van der Waals surface area contributed by atoms with E-state index in [1.807, 2.05) is 6.92 Å². The van der Waals surface area contributed by atoms with Crippen LogP contribution in [0.3, 0.4) is 0 Å². The highest BCUT2D eigenvalue weighted by Gasteiger charge is 2.27. The van der Waals surface area contributed by atoms with E-state index < -0.39 is 0 Å². The van der Waals surface area contributed by atoms with E-state index in [-0.39, 0.29) is 16.6 Å². The molecular formula is C26H36Cl2O. The van der Waals surface area contributed by atoms with Crippen LogP contribution >= 0.6 is 23.2 Å². The van der Waals surface area contributed by atoms with E-state index in [0.29, 0.717) is 28.5 Å². The monoisotopic (exact) mass is 434 g/mol. The Morgan fingerprint density at radius 1 is 0.931 bits per heavy atom. The Balaban J connectivity index is 2.38. The maximum atomic E-state index is 12.8. The molecule has 1 aliphatic carbocycles. The van der Waals surface area contributed by atoms with Gasteiger partial charge in [0.15, 0.2) is 5.78 Å². The van der Waals surface area contributed by atoms with Crippen LogP contribution in [0.15, 0.2) is 33.3 Å². The van der Waals surface area contributed by atoms with E-state index in [4.69, 9.17) is 23.2 Å². The summed E-state index contributed by atoms with van der Waals surface area (Å²) in [5, 5.41) is 0.988. The summed E-state index contributed by atoms with van der Waals surface area (Å²) in [6, 6.07) is 4.66. The highest BCUT2D eigenvalue weighted by Crippen LogP contribution is 2.39. The Hall–Kier alpha value is -1.05. The Bertz CT molecular complexity index is 823. The van der Waals surface area contributed by atoms with Crippen molar-refractivity contribution in [2.45, 2.75) is 98.3 Å². The summed E-state index contributed by atoms with van der Waals surface area (Å²) in [5.74, 6) is 0.109. The van der Waals surface area contributed by atoms with Crippen LogP contribution in [0.2, 0.25) is 0 Å². The minimum atomic E-state index is 0.0658. The lowest BCUT2D eigenvalue weighted by molar-refractivity contribution is -0.115. The predicted molar refractivity (Wildman–Crippen MR) is 127 cm³/mol. The maximum absolute atomic E-state index is 12.8. The van der Waals surface area contributed by atoms with Gasteiger partial charge >= 0.3 is 0 Å². The quantitative estimate of drug-likeness (QED) is 0.441. The summed E-state index contributed by atoms with van der Waals surface area (Å²) in [6.45, 7) is 17.9. The van der Waals surface area contributed by atoms with E-state index >= 15 is 0 Å². The van der Waals surface area contributed by atoms with Crippen molar-refractivity contribution in [3.63, 3.8) is 0 Å². The molecule has 0 saturated carbocycles. The number of ketones is 1. The minimum Gasteiger partial charge on any atom is -0.294 e. The van der Waals surface area contributed by atoms with E-state index in [1.54, 1.807) is 0 Å². The average molecular weight is 435 g/mol. The third-order valence-electron chi connectivity index (χ3n) is 5.68. The van der Waals surface area contributed by atoms with Gasteiger partial charge in [0.05, 0.1) is 10.1 Å². The van der Waals surface area contributed by atoms with Gasteiger partial charge in [-0.15, -0.1) is 0 Å². The van der Waals surface area contributed by atoms with E-state index in [2.05, 4.69) is 60.6 Å². The van der Waals surface area contributed by atoms with Crippen molar-refractivity contribution in [3.05, 3.63) is 55.6 Å². The number of hydrogen-bond donors (Lipinski definition) is 0. The molecule has 3 heteroatoms. The Kier molecular flexibility index (Phi) is 7.50. The number of carbonyl (C=O) groups excluding carboxylic acids is 1. The first-order valence-corrected chi connectivity index (χ1v) is 11.5. The first-order chi connectivity index (χ1) is 13.3. The standard InChI is InChI=1S/C26H36Cl2O/c1-9-10-18-20(25(3,4)5)14-17(15-21(18)26(6,7)8)11-12-22(29)19-13-16(2)23(27)24(19)28/h14-15H,9-13H2,1-8H3. The second-order valence-corrected chi connectivity index (χ2v) is 11.2. The van der Waals surface area contributed by atoms with Gasteiger partial charge in [0.1, 0.15) is 0 Å². The number of carbonyl (C=O) groups is 1. The Labute approximate surface area is 187 Å². The van der Waals surface area contributed by atoms with Crippen molar-refractivity contribution in [2.75, 3.05) is 0 Å². The highest BCUT2D eigenvalue weighted by atomic mass is 35.5. The topological polar surface area (TPSA) is 17.1 Å². The number of aryl methyl sites for hydroxylation is 1. The van der Waals surface area contributed by atoms with E-state index in [1.165, 1.54) is 22.3 Å².